The van der Waals surface area contributed by atoms with Crippen molar-refractivity contribution in [3.05, 3.63) is 6.92 Å². The van der Waals surface area contributed by atoms with Crippen molar-refractivity contribution in [2.75, 3.05) is 6.61 Å². The van der Waals surface area contributed by atoms with E-state index in [9.17, 15) is 0 Å². The zero-order chi connectivity index (χ0) is 4.99. The molecule has 1 N–H and O–H groups in total. The van der Waals surface area contributed by atoms with Gasteiger partial charge in [0, 0.05) is 27.7 Å². The van der Waals surface area contributed by atoms with Crippen LogP contribution in [0.5, 0.6) is 0 Å². The van der Waals surface area contributed by atoms with Crippen LogP contribution in [-0.2, 0) is 21.1 Å². The zero-order valence-electron chi connectivity index (χ0n) is 4.55. The molecule has 0 aromatic rings. The predicted molar refractivity (Wildman–Crippen MR) is 26.2 cm³/mol. The van der Waals surface area contributed by atoms with Crippen LogP contribution >= 0.6 is 0 Å². The minimum absolute atomic E-state index is 0. The SMILES string of the molecule is [CH2-]CC(C)CO.[W]. The fraction of sp³-hybridized carbons (Fsp3) is 0.800. The predicted octanol–water partition coefficient (Wildman–Crippen LogP) is 0.836. The number of aliphatic hydroxyl groups is 1. The molecular weight excluding hydrogens is 260 g/mol. The van der Waals surface area contributed by atoms with Gasteiger partial charge in [-0.25, -0.2) is 0 Å². The standard InChI is InChI=1S/C5H11O.W/c1-3-5(2)4-6;/h5-6H,1,3-4H2,2H3;/q-1;. The Morgan fingerprint density at radius 2 is 2.14 bits per heavy atom. The minimum Gasteiger partial charge on any atom is -0.396 e. The van der Waals surface area contributed by atoms with Crippen molar-refractivity contribution in [3.8, 4) is 0 Å². The van der Waals surface area contributed by atoms with Gasteiger partial charge in [-0.05, 0) is 5.92 Å². The fourth-order valence-corrected chi connectivity index (χ4v) is 0.0913. The van der Waals surface area contributed by atoms with Gasteiger partial charge in [0.2, 0.25) is 0 Å². The molecule has 0 aliphatic carbocycles. The summed E-state index contributed by atoms with van der Waals surface area (Å²) in [5, 5.41) is 8.29. The van der Waals surface area contributed by atoms with Crippen molar-refractivity contribution in [3.63, 3.8) is 0 Å². The Morgan fingerprint density at radius 3 is 2.14 bits per heavy atom. The van der Waals surface area contributed by atoms with E-state index in [1.54, 1.807) is 0 Å². The van der Waals surface area contributed by atoms with Gasteiger partial charge in [0.15, 0.2) is 0 Å². The summed E-state index contributed by atoms with van der Waals surface area (Å²) in [5.41, 5.74) is 0. The molecule has 0 aliphatic rings. The Kier molecular flexibility index (Phi) is 10.1. The van der Waals surface area contributed by atoms with E-state index in [1.807, 2.05) is 6.92 Å². The molecule has 0 fully saturated rings. The van der Waals surface area contributed by atoms with E-state index in [0.29, 0.717) is 5.92 Å². The van der Waals surface area contributed by atoms with Crippen LogP contribution < -0.4 is 0 Å². The van der Waals surface area contributed by atoms with Gasteiger partial charge in [0.25, 0.3) is 0 Å². The summed E-state index contributed by atoms with van der Waals surface area (Å²) >= 11 is 0. The van der Waals surface area contributed by atoms with Gasteiger partial charge in [-0.15, -0.1) is 0 Å². The quantitative estimate of drug-likeness (QED) is 0.738. The molecule has 0 radical (unpaired) electrons. The van der Waals surface area contributed by atoms with Crippen LogP contribution in [0.3, 0.4) is 0 Å². The number of hydrogen-bond acceptors (Lipinski definition) is 1. The van der Waals surface area contributed by atoms with Crippen LogP contribution in [0.15, 0.2) is 0 Å². The monoisotopic (exact) mass is 271 g/mol. The smallest absolute Gasteiger partial charge is 0.0432 e. The third-order valence-electron chi connectivity index (χ3n) is 0.804. The Hall–Kier alpha value is 0.648. The summed E-state index contributed by atoms with van der Waals surface area (Å²) in [6.45, 7) is 5.83. The second-order valence-electron chi connectivity index (χ2n) is 1.58. The maximum absolute atomic E-state index is 8.29. The Labute approximate surface area is 59.4 Å². The Morgan fingerprint density at radius 1 is 1.71 bits per heavy atom. The van der Waals surface area contributed by atoms with E-state index in [-0.39, 0.29) is 27.7 Å². The van der Waals surface area contributed by atoms with Crippen molar-refractivity contribution < 1.29 is 26.2 Å². The molecule has 0 aromatic heterocycles. The molecule has 0 aliphatic heterocycles. The van der Waals surface area contributed by atoms with Crippen LogP contribution in [0.2, 0.25) is 0 Å². The maximum atomic E-state index is 8.29. The van der Waals surface area contributed by atoms with Crippen molar-refractivity contribution in [1.29, 1.82) is 0 Å². The summed E-state index contributed by atoms with van der Waals surface area (Å²) in [7, 11) is 0. The van der Waals surface area contributed by atoms with Gasteiger partial charge in [-0.2, -0.15) is 6.42 Å². The number of aliphatic hydroxyl groups excluding tert-OH is 1. The van der Waals surface area contributed by atoms with Gasteiger partial charge in [-0.3, -0.25) is 0 Å². The summed E-state index contributed by atoms with van der Waals surface area (Å²) < 4.78 is 0. The van der Waals surface area contributed by atoms with E-state index < -0.39 is 0 Å². The molecule has 0 bridgehead atoms. The first kappa shape index (κ1) is 10.6. The number of hydrogen-bond donors (Lipinski definition) is 1. The van der Waals surface area contributed by atoms with Crippen LogP contribution in [0.4, 0.5) is 0 Å². The second-order valence-corrected chi connectivity index (χ2v) is 1.58. The molecule has 7 heavy (non-hydrogen) atoms. The first-order valence-corrected chi connectivity index (χ1v) is 2.21. The van der Waals surface area contributed by atoms with Gasteiger partial charge in [-0.1, -0.05) is 6.92 Å². The molecule has 0 rings (SSSR count). The molecule has 44 valence electrons. The third kappa shape index (κ3) is 6.65. The van der Waals surface area contributed by atoms with Crippen LogP contribution in [0, 0.1) is 12.8 Å². The zero-order valence-corrected chi connectivity index (χ0v) is 7.49. The molecule has 0 heterocycles. The van der Waals surface area contributed by atoms with E-state index in [1.165, 1.54) is 0 Å². The number of rotatable bonds is 2. The molecular formula is C5H11OW-. The first-order chi connectivity index (χ1) is 2.81. The molecule has 0 saturated heterocycles. The average molecular weight is 271 g/mol. The topological polar surface area (TPSA) is 20.2 Å². The summed E-state index contributed by atoms with van der Waals surface area (Å²) in [4.78, 5) is 0. The maximum Gasteiger partial charge on any atom is 0.0432 e. The molecule has 2 heteroatoms. The van der Waals surface area contributed by atoms with Gasteiger partial charge < -0.3 is 12.0 Å². The van der Waals surface area contributed by atoms with Crippen molar-refractivity contribution >= 4 is 0 Å². The second kappa shape index (κ2) is 6.65. The van der Waals surface area contributed by atoms with Crippen molar-refractivity contribution in [2.45, 2.75) is 13.3 Å². The van der Waals surface area contributed by atoms with E-state index in [2.05, 4.69) is 6.92 Å². The van der Waals surface area contributed by atoms with E-state index >= 15 is 0 Å². The van der Waals surface area contributed by atoms with Crippen LogP contribution in [0.1, 0.15) is 13.3 Å². The molecule has 1 atom stereocenters. The van der Waals surface area contributed by atoms with Crippen molar-refractivity contribution in [2.24, 2.45) is 5.92 Å². The van der Waals surface area contributed by atoms with Crippen molar-refractivity contribution in [1.82, 2.24) is 0 Å². The van der Waals surface area contributed by atoms with Crippen LogP contribution in [-0.4, -0.2) is 11.7 Å². The first-order valence-electron chi connectivity index (χ1n) is 2.21. The van der Waals surface area contributed by atoms with Gasteiger partial charge >= 0.3 is 0 Å². The van der Waals surface area contributed by atoms with Gasteiger partial charge in [0.05, 0.1) is 0 Å². The summed E-state index contributed by atoms with van der Waals surface area (Å²) in [6.07, 6.45) is 0.830. The molecule has 0 spiro atoms. The largest absolute Gasteiger partial charge is 0.396 e. The summed E-state index contributed by atoms with van der Waals surface area (Å²) in [6, 6.07) is 0. The minimum atomic E-state index is 0. The normalized spacial score (nSPS) is 12.4. The molecule has 0 saturated carbocycles. The molecule has 1 unspecified atom stereocenters. The van der Waals surface area contributed by atoms with E-state index in [4.69, 9.17) is 5.11 Å². The average Bonchev–Trinajstić information content (AvgIpc) is 1.65. The molecule has 0 amide bonds. The van der Waals surface area contributed by atoms with Crippen LogP contribution in [0.25, 0.3) is 0 Å². The molecule has 0 aromatic carbocycles. The third-order valence-corrected chi connectivity index (χ3v) is 0.804. The Bertz CT molecular complexity index is 27.3. The molecule has 1 nitrogen and oxygen atoms in total. The van der Waals surface area contributed by atoms with Gasteiger partial charge in [0.1, 0.15) is 0 Å². The summed E-state index contributed by atoms with van der Waals surface area (Å²) in [5.74, 6) is 0.380. The van der Waals surface area contributed by atoms with E-state index in [0.717, 1.165) is 6.42 Å². The fourth-order valence-electron chi connectivity index (χ4n) is 0.0913. The Balaban J connectivity index is 0.